The van der Waals surface area contributed by atoms with Crippen molar-refractivity contribution in [3.8, 4) is 0 Å². The Morgan fingerprint density at radius 2 is 1.27 bits per heavy atom. The van der Waals surface area contributed by atoms with Gasteiger partial charge in [-0.2, -0.15) is 8.61 Å². The second-order valence-electron chi connectivity index (χ2n) is 8.15. The van der Waals surface area contributed by atoms with Crippen molar-refractivity contribution in [2.75, 3.05) is 13.1 Å². The van der Waals surface area contributed by atoms with Gasteiger partial charge in [0.1, 0.15) is 41.3 Å². The van der Waals surface area contributed by atoms with Crippen LogP contribution in [0.15, 0.2) is 70.0 Å². The third-order valence-electron chi connectivity index (χ3n) is 5.33. The number of carboxylic acid groups (broad SMARTS) is 2. The van der Waals surface area contributed by atoms with Crippen LogP contribution in [0.25, 0.3) is 0 Å². The van der Waals surface area contributed by atoms with Crippen LogP contribution in [0.3, 0.4) is 0 Å². The van der Waals surface area contributed by atoms with E-state index < -0.39 is 91.3 Å². The maximum Gasteiger partial charge on any atom is 0.318 e. The summed E-state index contributed by atoms with van der Waals surface area (Å²) < 4.78 is 110. The molecule has 0 aromatic heterocycles. The molecule has 0 bridgehead atoms. The van der Waals surface area contributed by atoms with E-state index in [2.05, 4.69) is 0 Å². The predicted molar refractivity (Wildman–Crippen MR) is 134 cm³/mol. The van der Waals surface area contributed by atoms with Gasteiger partial charge in [0.15, 0.2) is 4.90 Å². The molecule has 2 aromatic rings. The fourth-order valence-corrected chi connectivity index (χ4v) is 6.63. The van der Waals surface area contributed by atoms with Crippen LogP contribution in [0, 0.1) is 11.6 Å². The summed E-state index contributed by atoms with van der Waals surface area (Å²) in [4.78, 5) is 20.1. The third kappa shape index (κ3) is 7.53. The highest BCUT2D eigenvalue weighted by Gasteiger charge is 2.35. The van der Waals surface area contributed by atoms with E-state index in [0.717, 1.165) is 13.0 Å². The Balaban J connectivity index is 2.64. The first-order valence-corrected chi connectivity index (χ1v) is 14.0. The highest BCUT2D eigenvalue weighted by molar-refractivity contribution is 7.93. The summed E-state index contributed by atoms with van der Waals surface area (Å²) in [5, 5.41) is 18.6. The SMILES string of the molecule is C/C=C(F)\C(=C(/C)F)S(=O)(=O)N(CC(=O)O)Cc1ccccc1CN(CC(=O)O)S(=O)(=O)c1c(F)cccc1F. The van der Waals surface area contributed by atoms with Crippen molar-refractivity contribution in [3.05, 3.63) is 87.9 Å². The molecule has 40 heavy (non-hydrogen) atoms. The maximum absolute atomic E-state index is 14.3. The quantitative estimate of drug-likeness (QED) is 0.259. The fourth-order valence-electron chi connectivity index (χ4n) is 3.58. The van der Waals surface area contributed by atoms with Gasteiger partial charge in [0.05, 0.1) is 0 Å². The second kappa shape index (κ2) is 13.2. The van der Waals surface area contributed by atoms with Gasteiger partial charge in [-0.25, -0.2) is 34.4 Å². The molecule has 2 N–H and O–H groups in total. The summed E-state index contributed by atoms with van der Waals surface area (Å²) in [6, 6.07) is 7.36. The molecule has 0 aliphatic rings. The Labute approximate surface area is 227 Å². The highest BCUT2D eigenvalue weighted by atomic mass is 32.2. The molecule has 0 atom stereocenters. The van der Waals surface area contributed by atoms with Gasteiger partial charge >= 0.3 is 11.9 Å². The first-order chi connectivity index (χ1) is 18.5. The molecule has 0 amide bonds. The van der Waals surface area contributed by atoms with E-state index in [9.17, 15) is 54.2 Å². The molecule has 10 nitrogen and oxygen atoms in total. The lowest BCUT2D eigenvalue weighted by atomic mass is 10.1. The summed E-state index contributed by atoms with van der Waals surface area (Å²) in [6.07, 6.45) is 0.652. The van der Waals surface area contributed by atoms with Crippen molar-refractivity contribution in [2.45, 2.75) is 31.8 Å². The summed E-state index contributed by atoms with van der Waals surface area (Å²) >= 11 is 0. The predicted octanol–water partition coefficient (Wildman–Crippen LogP) is 3.53. The van der Waals surface area contributed by atoms with Crippen molar-refractivity contribution < 1.29 is 54.2 Å². The molecule has 0 saturated heterocycles. The number of carboxylic acids is 2. The van der Waals surface area contributed by atoms with Gasteiger partial charge in [-0.1, -0.05) is 36.4 Å². The van der Waals surface area contributed by atoms with Crippen molar-refractivity contribution in [3.63, 3.8) is 0 Å². The minimum absolute atomic E-state index is 0.0938. The van der Waals surface area contributed by atoms with Crippen molar-refractivity contribution >= 4 is 32.0 Å². The lowest BCUT2D eigenvalue weighted by Crippen LogP contribution is -2.38. The highest BCUT2D eigenvalue weighted by Crippen LogP contribution is 2.29. The van der Waals surface area contributed by atoms with Crippen LogP contribution in [0.2, 0.25) is 0 Å². The molecule has 0 aliphatic heterocycles. The summed E-state index contributed by atoms with van der Waals surface area (Å²) in [6.45, 7) is -2.49. The molecule has 0 saturated carbocycles. The Bertz CT molecular complexity index is 1550. The van der Waals surface area contributed by atoms with Crippen LogP contribution in [0.5, 0.6) is 0 Å². The average molecular weight is 609 g/mol. The van der Waals surface area contributed by atoms with Gasteiger partial charge in [-0.15, -0.1) is 0 Å². The number of hydrogen-bond acceptors (Lipinski definition) is 6. The van der Waals surface area contributed by atoms with Gasteiger partial charge in [-0.3, -0.25) is 9.59 Å². The third-order valence-corrected chi connectivity index (χ3v) is 9.11. The number of nitrogens with zero attached hydrogens (tertiary/aromatic N) is 2. The average Bonchev–Trinajstić information content (AvgIpc) is 2.83. The van der Waals surface area contributed by atoms with E-state index in [4.69, 9.17) is 0 Å². The van der Waals surface area contributed by atoms with Crippen molar-refractivity contribution in [2.24, 2.45) is 0 Å². The number of rotatable bonds is 13. The molecular weight excluding hydrogens is 584 g/mol. The van der Waals surface area contributed by atoms with Gasteiger partial charge in [0.25, 0.3) is 0 Å². The largest absolute Gasteiger partial charge is 0.480 e. The van der Waals surface area contributed by atoms with Crippen LogP contribution in [0.4, 0.5) is 17.6 Å². The fraction of sp³-hybridized carbons (Fsp3) is 0.250. The standard InChI is InChI=1S/C24H24F4N2O8S2/c1-3-18(26)23(15(2)25)39(35,36)29(13-21(31)32)11-16-7-4-5-8-17(16)12-30(14-22(33)34)40(37,38)24-19(27)9-6-10-20(24)28/h3-10H,11-14H2,1-2H3,(H,31,32)(H,33,34)/b18-3+,23-15-. The molecule has 0 unspecified atom stereocenters. The second-order valence-corrected chi connectivity index (χ2v) is 11.9. The smallest absolute Gasteiger partial charge is 0.318 e. The molecule has 0 heterocycles. The first kappa shape index (κ1) is 32.6. The van der Waals surface area contributed by atoms with E-state index in [-0.39, 0.29) is 19.7 Å². The Kier molecular flexibility index (Phi) is 10.7. The minimum Gasteiger partial charge on any atom is -0.480 e. The number of allylic oxidation sites excluding steroid dienone is 3. The van der Waals surface area contributed by atoms with E-state index in [1.54, 1.807) is 0 Å². The molecular formula is C24H24F4N2O8S2. The topological polar surface area (TPSA) is 149 Å². The monoisotopic (exact) mass is 608 g/mol. The zero-order valence-corrected chi connectivity index (χ0v) is 22.6. The number of halogens is 4. The first-order valence-electron chi connectivity index (χ1n) is 11.2. The van der Waals surface area contributed by atoms with Crippen molar-refractivity contribution in [1.29, 1.82) is 0 Å². The van der Waals surface area contributed by atoms with Gasteiger partial charge < -0.3 is 10.2 Å². The van der Waals surface area contributed by atoms with Gasteiger partial charge in [0.2, 0.25) is 20.0 Å². The number of aliphatic carboxylic acids is 2. The number of benzene rings is 2. The van der Waals surface area contributed by atoms with E-state index in [1.165, 1.54) is 24.3 Å². The molecule has 0 spiro atoms. The molecule has 218 valence electrons. The van der Waals surface area contributed by atoms with E-state index in [1.807, 2.05) is 0 Å². The lowest BCUT2D eigenvalue weighted by molar-refractivity contribution is -0.138. The van der Waals surface area contributed by atoms with Crippen LogP contribution in [-0.2, 0) is 42.7 Å². The Hall–Kier alpha value is -3.60. The molecule has 16 heteroatoms. The van der Waals surface area contributed by atoms with Gasteiger partial charge in [-0.05, 0) is 37.1 Å². The number of sulfonamides is 2. The lowest BCUT2D eigenvalue weighted by Gasteiger charge is -2.25. The Morgan fingerprint density at radius 1 is 0.825 bits per heavy atom. The molecule has 0 radical (unpaired) electrons. The van der Waals surface area contributed by atoms with Crippen LogP contribution < -0.4 is 0 Å². The molecule has 2 rings (SSSR count). The van der Waals surface area contributed by atoms with E-state index in [0.29, 0.717) is 25.1 Å². The Morgan fingerprint density at radius 3 is 1.70 bits per heavy atom. The molecule has 0 aliphatic carbocycles. The van der Waals surface area contributed by atoms with Crippen LogP contribution in [-0.4, -0.2) is 60.7 Å². The summed E-state index contributed by atoms with van der Waals surface area (Å²) in [5.74, 6) is -9.33. The minimum atomic E-state index is -5.13. The molecule has 2 aromatic carbocycles. The van der Waals surface area contributed by atoms with Gasteiger partial charge in [0, 0.05) is 13.1 Å². The summed E-state index contributed by atoms with van der Waals surface area (Å²) in [7, 11) is -10.3. The van der Waals surface area contributed by atoms with E-state index >= 15 is 0 Å². The number of carbonyl (C=O) groups is 2. The van der Waals surface area contributed by atoms with Crippen LogP contribution in [0.1, 0.15) is 25.0 Å². The molecule has 0 fully saturated rings. The van der Waals surface area contributed by atoms with Crippen molar-refractivity contribution in [1.82, 2.24) is 8.61 Å². The zero-order valence-electron chi connectivity index (χ0n) is 21.0. The van der Waals surface area contributed by atoms with Crippen LogP contribution >= 0.6 is 0 Å². The normalized spacial score (nSPS) is 13.4. The summed E-state index contributed by atoms with van der Waals surface area (Å²) in [5.41, 5.74) is -0.188. The number of hydrogen-bond donors (Lipinski definition) is 2. The zero-order chi connectivity index (χ0) is 30.4. The maximum atomic E-state index is 14.3.